The van der Waals surface area contributed by atoms with Crippen LogP contribution in [0.1, 0.15) is 35.6 Å². The van der Waals surface area contributed by atoms with Crippen molar-refractivity contribution < 1.29 is 9.59 Å². The van der Waals surface area contributed by atoms with Gasteiger partial charge in [-0.1, -0.05) is 60.5 Å². The number of hydrogen-bond donors (Lipinski definition) is 1. The number of amides is 3. The summed E-state index contributed by atoms with van der Waals surface area (Å²) in [5.74, 6) is -0.118. The van der Waals surface area contributed by atoms with Gasteiger partial charge in [0.25, 0.3) is 0 Å². The molecule has 0 aliphatic rings. The maximum Gasteiger partial charge on any atom is 0.322 e. The van der Waals surface area contributed by atoms with Crippen LogP contribution in [0.4, 0.5) is 10.5 Å². The summed E-state index contributed by atoms with van der Waals surface area (Å²) in [5, 5.41) is 3.65. The van der Waals surface area contributed by atoms with Crippen molar-refractivity contribution in [1.82, 2.24) is 9.80 Å². The summed E-state index contributed by atoms with van der Waals surface area (Å²) in [6.07, 6.45) is 0.706. The van der Waals surface area contributed by atoms with Gasteiger partial charge in [-0.2, -0.15) is 0 Å². The lowest BCUT2D eigenvalue weighted by molar-refractivity contribution is -0.133. The lowest BCUT2D eigenvalue weighted by Gasteiger charge is -2.31. The number of halogens is 2. The molecule has 0 saturated carbocycles. The van der Waals surface area contributed by atoms with E-state index in [1.165, 1.54) is 4.88 Å². The van der Waals surface area contributed by atoms with E-state index in [0.29, 0.717) is 35.2 Å². The zero-order valence-corrected chi connectivity index (χ0v) is 21.9. The zero-order chi connectivity index (χ0) is 24.7. The zero-order valence-electron chi connectivity index (χ0n) is 19.6. The first-order valence-corrected chi connectivity index (χ1v) is 12.7. The minimum absolute atomic E-state index is 0.0385. The fraction of sp³-hybridized carbons (Fsp3) is 0.308. The monoisotopic (exact) mass is 517 g/mol. The van der Waals surface area contributed by atoms with Gasteiger partial charge in [0, 0.05) is 27.4 Å². The maximum absolute atomic E-state index is 13.5. The lowest BCUT2D eigenvalue weighted by atomic mass is 10.2. The molecule has 8 heteroatoms. The molecule has 0 fully saturated rings. The smallest absolute Gasteiger partial charge is 0.322 e. The standard InChI is InChI=1S/C26H29Cl2N3O2S/c1-4-18(2)31(26(33)29-24-13-11-21(27)14-23(24)28)17-25(32)30(15-20-8-6-5-7-9-20)16-22-12-10-19(3)34-22/h5-14,18H,4,15-17H2,1-3H3,(H,29,33). The van der Waals surface area contributed by atoms with Crippen molar-refractivity contribution in [3.8, 4) is 0 Å². The topological polar surface area (TPSA) is 52.7 Å². The third kappa shape index (κ3) is 7.23. The first-order valence-electron chi connectivity index (χ1n) is 11.2. The predicted octanol–water partition coefficient (Wildman–Crippen LogP) is 7.22. The van der Waals surface area contributed by atoms with E-state index in [1.807, 2.05) is 50.2 Å². The number of carbonyl (C=O) groups excluding carboxylic acids is 2. The van der Waals surface area contributed by atoms with E-state index in [-0.39, 0.29) is 24.5 Å². The van der Waals surface area contributed by atoms with Crippen LogP contribution in [0.2, 0.25) is 10.0 Å². The van der Waals surface area contributed by atoms with E-state index in [9.17, 15) is 9.59 Å². The largest absolute Gasteiger partial charge is 0.332 e. The Morgan fingerprint density at radius 3 is 2.38 bits per heavy atom. The number of aryl methyl sites for hydroxylation is 1. The Balaban J connectivity index is 1.79. The molecular formula is C26H29Cl2N3O2S. The second kappa shape index (κ2) is 12.2. The summed E-state index contributed by atoms with van der Waals surface area (Å²) in [6.45, 7) is 6.89. The van der Waals surface area contributed by atoms with Crippen molar-refractivity contribution in [3.05, 3.63) is 86.0 Å². The van der Waals surface area contributed by atoms with Crippen LogP contribution in [0, 0.1) is 6.92 Å². The third-order valence-corrected chi connectivity index (χ3v) is 7.11. The lowest BCUT2D eigenvalue weighted by Crippen LogP contribution is -2.47. The Bertz CT molecular complexity index is 1120. The SMILES string of the molecule is CCC(C)N(CC(=O)N(Cc1ccccc1)Cc1ccc(C)s1)C(=O)Nc1ccc(Cl)cc1Cl. The van der Waals surface area contributed by atoms with Crippen molar-refractivity contribution in [3.63, 3.8) is 0 Å². The Kier molecular flexibility index (Phi) is 9.39. The number of carbonyl (C=O) groups is 2. The summed E-state index contributed by atoms with van der Waals surface area (Å²) in [6, 6.07) is 18.3. The summed E-state index contributed by atoms with van der Waals surface area (Å²) < 4.78 is 0. The van der Waals surface area contributed by atoms with Crippen molar-refractivity contribution in [1.29, 1.82) is 0 Å². The molecule has 0 aliphatic carbocycles. The first kappa shape index (κ1) is 26.1. The molecule has 3 rings (SSSR count). The average Bonchev–Trinajstić information content (AvgIpc) is 3.23. The van der Waals surface area contributed by atoms with E-state index in [2.05, 4.69) is 18.3 Å². The molecule has 1 heterocycles. The molecule has 180 valence electrons. The summed E-state index contributed by atoms with van der Waals surface area (Å²) in [5.41, 5.74) is 1.49. The highest BCUT2D eigenvalue weighted by Gasteiger charge is 2.26. The molecule has 1 aromatic heterocycles. The van der Waals surface area contributed by atoms with Gasteiger partial charge in [0.05, 0.1) is 17.3 Å². The number of hydrogen-bond acceptors (Lipinski definition) is 3. The molecule has 1 atom stereocenters. The van der Waals surface area contributed by atoms with Gasteiger partial charge in [-0.25, -0.2) is 4.79 Å². The van der Waals surface area contributed by atoms with Crippen LogP contribution in [0.15, 0.2) is 60.7 Å². The number of nitrogens with zero attached hydrogens (tertiary/aromatic N) is 2. The van der Waals surface area contributed by atoms with Crippen LogP contribution in [-0.4, -0.2) is 34.3 Å². The van der Waals surface area contributed by atoms with E-state index in [4.69, 9.17) is 23.2 Å². The molecule has 0 spiro atoms. The molecule has 0 aliphatic heterocycles. The van der Waals surface area contributed by atoms with Gasteiger partial charge in [0.1, 0.15) is 6.54 Å². The molecule has 2 aromatic carbocycles. The minimum Gasteiger partial charge on any atom is -0.332 e. The first-order chi connectivity index (χ1) is 16.3. The van der Waals surface area contributed by atoms with Gasteiger partial charge >= 0.3 is 6.03 Å². The number of rotatable bonds is 9. The van der Waals surface area contributed by atoms with Crippen LogP contribution in [0.25, 0.3) is 0 Å². The minimum atomic E-state index is -0.376. The Labute approximate surface area is 215 Å². The molecule has 0 saturated heterocycles. The van der Waals surface area contributed by atoms with Gasteiger partial charge < -0.3 is 15.1 Å². The third-order valence-electron chi connectivity index (χ3n) is 5.57. The van der Waals surface area contributed by atoms with Gasteiger partial charge in [-0.3, -0.25) is 4.79 Å². The van der Waals surface area contributed by atoms with Crippen molar-refractivity contribution in [2.75, 3.05) is 11.9 Å². The molecule has 3 amide bonds. The van der Waals surface area contributed by atoms with Crippen LogP contribution in [-0.2, 0) is 17.9 Å². The van der Waals surface area contributed by atoms with Crippen molar-refractivity contribution >= 4 is 52.2 Å². The molecule has 0 bridgehead atoms. The van der Waals surface area contributed by atoms with E-state index >= 15 is 0 Å². The molecule has 1 N–H and O–H groups in total. The normalized spacial score (nSPS) is 11.7. The van der Waals surface area contributed by atoms with Crippen LogP contribution in [0.5, 0.6) is 0 Å². The molecule has 3 aromatic rings. The average molecular weight is 519 g/mol. The van der Waals surface area contributed by atoms with Crippen molar-refractivity contribution in [2.45, 2.75) is 46.3 Å². The van der Waals surface area contributed by atoms with Gasteiger partial charge in [-0.15, -0.1) is 11.3 Å². The fourth-order valence-electron chi connectivity index (χ4n) is 3.47. The highest BCUT2D eigenvalue weighted by Crippen LogP contribution is 2.26. The quantitative estimate of drug-likeness (QED) is 0.325. The van der Waals surface area contributed by atoms with E-state index in [0.717, 1.165) is 10.4 Å². The predicted molar refractivity (Wildman–Crippen MR) is 142 cm³/mol. The summed E-state index contributed by atoms with van der Waals surface area (Å²) in [7, 11) is 0. The van der Waals surface area contributed by atoms with Gasteiger partial charge in [0.15, 0.2) is 0 Å². The Morgan fingerprint density at radius 2 is 1.76 bits per heavy atom. The van der Waals surface area contributed by atoms with E-state index < -0.39 is 0 Å². The molecular weight excluding hydrogens is 489 g/mol. The van der Waals surface area contributed by atoms with Gasteiger partial charge in [0.2, 0.25) is 5.91 Å². The maximum atomic E-state index is 13.5. The van der Waals surface area contributed by atoms with Crippen LogP contribution >= 0.6 is 34.5 Å². The van der Waals surface area contributed by atoms with Gasteiger partial charge in [-0.05, 0) is 56.2 Å². The molecule has 34 heavy (non-hydrogen) atoms. The summed E-state index contributed by atoms with van der Waals surface area (Å²) >= 11 is 13.9. The highest BCUT2D eigenvalue weighted by atomic mass is 35.5. The number of urea groups is 1. The fourth-order valence-corrected chi connectivity index (χ4v) is 4.83. The Morgan fingerprint density at radius 1 is 1.03 bits per heavy atom. The van der Waals surface area contributed by atoms with Crippen molar-refractivity contribution in [2.24, 2.45) is 0 Å². The number of thiophene rings is 1. The second-order valence-corrected chi connectivity index (χ2v) is 10.4. The van der Waals surface area contributed by atoms with Crippen LogP contribution < -0.4 is 5.32 Å². The summed E-state index contributed by atoms with van der Waals surface area (Å²) in [4.78, 5) is 32.4. The highest BCUT2D eigenvalue weighted by molar-refractivity contribution is 7.11. The number of benzene rings is 2. The van der Waals surface area contributed by atoms with E-state index in [1.54, 1.807) is 39.3 Å². The van der Waals surface area contributed by atoms with Crippen LogP contribution in [0.3, 0.4) is 0 Å². The molecule has 5 nitrogen and oxygen atoms in total. The second-order valence-electron chi connectivity index (χ2n) is 8.19. The number of nitrogens with one attached hydrogen (secondary N) is 1. The number of anilines is 1. The Hall–Kier alpha value is -2.54. The molecule has 0 radical (unpaired) electrons. The molecule has 1 unspecified atom stereocenters.